The zero-order chi connectivity index (χ0) is 12.4. The first-order chi connectivity index (χ1) is 8.11. The highest BCUT2D eigenvalue weighted by atomic mass is 16.5. The standard InChI is InChI=1S/C14H25NO2/c1-4-17-14(16)8-12-7-13-6-5-11(12)9-15(13)10(2)3/h10-13H,4-9H2,1-3H3. The van der Waals surface area contributed by atoms with Gasteiger partial charge in [-0.2, -0.15) is 0 Å². The number of carbonyl (C=O) groups is 1. The fourth-order valence-electron chi connectivity index (χ4n) is 3.58. The molecule has 3 heteroatoms. The minimum Gasteiger partial charge on any atom is -0.466 e. The van der Waals surface area contributed by atoms with E-state index in [9.17, 15) is 4.79 Å². The summed E-state index contributed by atoms with van der Waals surface area (Å²) in [4.78, 5) is 14.2. The van der Waals surface area contributed by atoms with E-state index in [1.165, 1.54) is 25.8 Å². The average Bonchev–Trinajstić information content (AvgIpc) is 2.29. The van der Waals surface area contributed by atoms with Crippen LogP contribution in [-0.2, 0) is 9.53 Å². The van der Waals surface area contributed by atoms with E-state index in [-0.39, 0.29) is 5.97 Å². The van der Waals surface area contributed by atoms with Crippen LogP contribution in [0.15, 0.2) is 0 Å². The first-order valence-corrected chi connectivity index (χ1v) is 7.03. The Hall–Kier alpha value is -0.570. The number of nitrogens with zero attached hydrogens (tertiary/aromatic N) is 1. The smallest absolute Gasteiger partial charge is 0.306 e. The van der Waals surface area contributed by atoms with Crippen LogP contribution < -0.4 is 0 Å². The monoisotopic (exact) mass is 239 g/mol. The van der Waals surface area contributed by atoms with Crippen molar-refractivity contribution in [2.75, 3.05) is 13.2 Å². The molecule has 3 nitrogen and oxygen atoms in total. The van der Waals surface area contributed by atoms with Crippen molar-refractivity contribution in [1.82, 2.24) is 4.90 Å². The van der Waals surface area contributed by atoms with E-state index in [0.717, 1.165) is 0 Å². The van der Waals surface area contributed by atoms with Crippen LogP contribution in [0.3, 0.4) is 0 Å². The summed E-state index contributed by atoms with van der Waals surface area (Å²) in [6, 6.07) is 1.35. The maximum atomic E-state index is 11.6. The molecule has 1 saturated carbocycles. The van der Waals surface area contributed by atoms with Crippen molar-refractivity contribution in [3.05, 3.63) is 0 Å². The number of fused-ring (bicyclic) bond motifs is 3. The van der Waals surface area contributed by atoms with Crippen LogP contribution in [0, 0.1) is 11.8 Å². The third-order valence-corrected chi connectivity index (χ3v) is 4.42. The Morgan fingerprint density at radius 1 is 1.41 bits per heavy atom. The Morgan fingerprint density at radius 2 is 2.18 bits per heavy atom. The lowest BCUT2D eigenvalue weighted by Gasteiger charge is -2.51. The molecule has 0 aromatic rings. The second-order valence-electron chi connectivity index (χ2n) is 5.79. The summed E-state index contributed by atoms with van der Waals surface area (Å²) in [5.41, 5.74) is 0. The third kappa shape index (κ3) is 2.82. The van der Waals surface area contributed by atoms with Crippen molar-refractivity contribution in [1.29, 1.82) is 0 Å². The molecule has 0 aromatic heterocycles. The van der Waals surface area contributed by atoms with Crippen LogP contribution in [-0.4, -0.2) is 36.1 Å². The molecule has 3 fully saturated rings. The van der Waals surface area contributed by atoms with E-state index in [0.29, 0.717) is 36.9 Å². The molecule has 2 aliphatic heterocycles. The summed E-state index contributed by atoms with van der Waals surface area (Å²) in [6.45, 7) is 8.14. The Labute approximate surface area is 105 Å². The van der Waals surface area contributed by atoms with Gasteiger partial charge >= 0.3 is 5.97 Å². The van der Waals surface area contributed by atoms with Crippen LogP contribution in [0.25, 0.3) is 0 Å². The van der Waals surface area contributed by atoms with Gasteiger partial charge in [0.25, 0.3) is 0 Å². The average molecular weight is 239 g/mol. The molecule has 0 N–H and O–H groups in total. The van der Waals surface area contributed by atoms with Gasteiger partial charge in [-0.1, -0.05) is 0 Å². The summed E-state index contributed by atoms with van der Waals surface area (Å²) >= 11 is 0. The van der Waals surface area contributed by atoms with Gasteiger partial charge in [-0.25, -0.2) is 0 Å². The predicted octanol–water partition coefficient (Wildman–Crippen LogP) is 2.45. The first-order valence-electron chi connectivity index (χ1n) is 7.03. The molecule has 2 bridgehead atoms. The maximum Gasteiger partial charge on any atom is 0.306 e. The largest absolute Gasteiger partial charge is 0.466 e. The van der Waals surface area contributed by atoms with Gasteiger partial charge in [-0.05, 0) is 51.9 Å². The highest BCUT2D eigenvalue weighted by molar-refractivity contribution is 5.69. The molecule has 2 saturated heterocycles. The second kappa shape index (κ2) is 5.38. The quantitative estimate of drug-likeness (QED) is 0.706. The lowest BCUT2D eigenvalue weighted by Crippen LogP contribution is -2.54. The Bertz CT molecular complexity index is 277. The summed E-state index contributed by atoms with van der Waals surface area (Å²) in [7, 11) is 0. The van der Waals surface area contributed by atoms with Gasteiger partial charge in [0.15, 0.2) is 0 Å². The highest BCUT2D eigenvalue weighted by Crippen LogP contribution is 2.41. The third-order valence-electron chi connectivity index (χ3n) is 4.42. The van der Waals surface area contributed by atoms with Crippen molar-refractivity contribution in [2.24, 2.45) is 11.8 Å². The van der Waals surface area contributed by atoms with Gasteiger partial charge in [-0.3, -0.25) is 9.69 Å². The molecular weight excluding hydrogens is 214 g/mol. The van der Waals surface area contributed by atoms with Gasteiger partial charge in [0.1, 0.15) is 0 Å². The lowest BCUT2D eigenvalue weighted by atomic mass is 9.70. The number of ether oxygens (including phenoxy) is 1. The van der Waals surface area contributed by atoms with Crippen molar-refractivity contribution >= 4 is 5.97 Å². The molecule has 2 heterocycles. The van der Waals surface area contributed by atoms with E-state index in [1.54, 1.807) is 0 Å². The molecule has 3 aliphatic rings. The molecule has 3 unspecified atom stereocenters. The van der Waals surface area contributed by atoms with Gasteiger partial charge in [0.2, 0.25) is 0 Å². The molecule has 98 valence electrons. The number of carbonyl (C=O) groups excluding carboxylic acids is 1. The molecule has 0 amide bonds. The first kappa shape index (κ1) is 12.9. The minimum absolute atomic E-state index is 0.00106. The minimum atomic E-state index is 0.00106. The van der Waals surface area contributed by atoms with Crippen molar-refractivity contribution < 1.29 is 9.53 Å². The summed E-state index contributed by atoms with van der Waals surface area (Å²) < 4.78 is 5.07. The van der Waals surface area contributed by atoms with E-state index in [4.69, 9.17) is 4.74 Å². The number of esters is 1. The molecular formula is C14H25NO2. The van der Waals surface area contributed by atoms with Crippen LogP contribution in [0.2, 0.25) is 0 Å². The fraction of sp³-hybridized carbons (Fsp3) is 0.929. The Balaban J connectivity index is 1.90. The van der Waals surface area contributed by atoms with Crippen molar-refractivity contribution in [3.8, 4) is 0 Å². The zero-order valence-electron chi connectivity index (χ0n) is 11.3. The molecule has 0 spiro atoms. The Morgan fingerprint density at radius 3 is 2.71 bits per heavy atom. The molecule has 0 radical (unpaired) electrons. The van der Waals surface area contributed by atoms with E-state index >= 15 is 0 Å². The van der Waals surface area contributed by atoms with E-state index < -0.39 is 0 Å². The zero-order valence-corrected chi connectivity index (χ0v) is 11.3. The number of piperidine rings is 2. The maximum absolute atomic E-state index is 11.6. The summed E-state index contributed by atoms with van der Waals surface area (Å²) in [5.74, 6) is 1.29. The van der Waals surface area contributed by atoms with Gasteiger partial charge in [0.05, 0.1) is 6.61 Å². The molecule has 0 aromatic carbocycles. The van der Waals surface area contributed by atoms with Crippen LogP contribution in [0.5, 0.6) is 0 Å². The van der Waals surface area contributed by atoms with Crippen LogP contribution in [0.1, 0.15) is 46.5 Å². The van der Waals surface area contributed by atoms with E-state index in [1.807, 2.05) is 6.92 Å². The highest BCUT2D eigenvalue weighted by Gasteiger charge is 2.41. The van der Waals surface area contributed by atoms with Gasteiger partial charge in [0, 0.05) is 25.0 Å². The molecule has 3 atom stereocenters. The number of hydrogen-bond donors (Lipinski definition) is 0. The van der Waals surface area contributed by atoms with E-state index in [2.05, 4.69) is 18.7 Å². The van der Waals surface area contributed by atoms with Gasteiger partial charge in [-0.15, -0.1) is 0 Å². The Kier molecular flexibility index (Phi) is 4.08. The number of rotatable bonds is 4. The topological polar surface area (TPSA) is 29.5 Å². The summed E-state index contributed by atoms with van der Waals surface area (Å²) in [5, 5.41) is 0. The van der Waals surface area contributed by atoms with Gasteiger partial charge < -0.3 is 4.74 Å². The molecule has 17 heavy (non-hydrogen) atoms. The predicted molar refractivity (Wildman–Crippen MR) is 67.7 cm³/mol. The SMILES string of the molecule is CCOC(=O)CC1CC2CCC1CN2C(C)C. The lowest BCUT2D eigenvalue weighted by molar-refractivity contribution is -0.146. The molecule has 3 rings (SSSR count). The van der Waals surface area contributed by atoms with Crippen LogP contribution in [0.4, 0.5) is 0 Å². The van der Waals surface area contributed by atoms with Crippen molar-refractivity contribution in [3.63, 3.8) is 0 Å². The number of hydrogen-bond acceptors (Lipinski definition) is 3. The normalized spacial score (nSPS) is 33.1. The fourth-order valence-corrected chi connectivity index (χ4v) is 3.58. The molecule has 1 aliphatic carbocycles. The van der Waals surface area contributed by atoms with Crippen LogP contribution >= 0.6 is 0 Å². The second-order valence-corrected chi connectivity index (χ2v) is 5.79. The van der Waals surface area contributed by atoms with Crippen molar-refractivity contribution in [2.45, 2.75) is 58.5 Å². The summed E-state index contributed by atoms with van der Waals surface area (Å²) in [6.07, 6.45) is 4.46.